The van der Waals surface area contributed by atoms with E-state index in [4.69, 9.17) is 26.9 Å². The highest BCUT2D eigenvalue weighted by molar-refractivity contribution is 6.30. The maximum absolute atomic E-state index is 9.55. The smallest absolute Gasteiger partial charge is 0.328 e. The van der Waals surface area contributed by atoms with Gasteiger partial charge in [0, 0.05) is 54.7 Å². The van der Waals surface area contributed by atoms with E-state index in [0.29, 0.717) is 12.2 Å². The van der Waals surface area contributed by atoms with Crippen molar-refractivity contribution < 1.29 is 19.8 Å². The van der Waals surface area contributed by atoms with Gasteiger partial charge in [0.25, 0.3) is 0 Å². The van der Waals surface area contributed by atoms with Gasteiger partial charge in [0.05, 0.1) is 11.4 Å². The van der Waals surface area contributed by atoms with E-state index in [0.717, 1.165) is 50.6 Å². The average Bonchev–Trinajstić information content (AvgIpc) is 3.32. The van der Waals surface area contributed by atoms with Crippen molar-refractivity contribution in [3.8, 4) is 5.69 Å². The largest absolute Gasteiger partial charge is 0.478 e. The predicted molar refractivity (Wildman–Crippen MR) is 153 cm³/mol. The third kappa shape index (κ3) is 8.18. The Bertz CT molecular complexity index is 1250. The maximum Gasteiger partial charge on any atom is 0.328 e. The summed E-state index contributed by atoms with van der Waals surface area (Å²) in [5, 5.41) is 21.5. The molecule has 206 valence electrons. The number of piperazine rings is 1. The van der Waals surface area contributed by atoms with Crippen LogP contribution < -0.4 is 4.90 Å². The van der Waals surface area contributed by atoms with Crippen molar-refractivity contribution in [2.24, 2.45) is 0 Å². The zero-order valence-electron chi connectivity index (χ0n) is 22.0. The van der Waals surface area contributed by atoms with Crippen molar-refractivity contribution in [1.82, 2.24) is 14.7 Å². The van der Waals surface area contributed by atoms with E-state index in [2.05, 4.69) is 56.9 Å². The summed E-state index contributed by atoms with van der Waals surface area (Å²) in [5.74, 6) is -2.51. The molecule has 8 nitrogen and oxygen atoms in total. The highest BCUT2D eigenvalue weighted by Gasteiger charge is 2.22. The van der Waals surface area contributed by atoms with Crippen LogP contribution in [-0.4, -0.2) is 69.6 Å². The molecule has 1 fully saturated rings. The van der Waals surface area contributed by atoms with Crippen LogP contribution in [0.15, 0.2) is 66.7 Å². The molecule has 0 amide bonds. The second-order valence-electron chi connectivity index (χ2n) is 9.74. The molecule has 3 aromatic rings. The molecule has 5 rings (SSSR count). The lowest BCUT2D eigenvalue weighted by molar-refractivity contribution is -0.134. The summed E-state index contributed by atoms with van der Waals surface area (Å²) in [7, 11) is 0. The zero-order chi connectivity index (χ0) is 27.6. The molecule has 1 aromatic heterocycles. The first kappa shape index (κ1) is 28.4. The first-order valence-electron chi connectivity index (χ1n) is 13.4. The van der Waals surface area contributed by atoms with Gasteiger partial charge in [0.1, 0.15) is 0 Å². The minimum atomic E-state index is -1.26. The molecule has 2 aromatic carbocycles. The van der Waals surface area contributed by atoms with E-state index in [9.17, 15) is 9.59 Å². The lowest BCUT2D eigenvalue weighted by Crippen LogP contribution is -2.46. The van der Waals surface area contributed by atoms with Crippen LogP contribution in [0.4, 0.5) is 5.69 Å². The predicted octanol–water partition coefficient (Wildman–Crippen LogP) is 4.87. The van der Waals surface area contributed by atoms with Gasteiger partial charge in [-0.3, -0.25) is 4.90 Å². The molecule has 1 aliphatic heterocycles. The molecule has 2 N–H and O–H groups in total. The molecule has 0 bridgehead atoms. The molecule has 0 atom stereocenters. The first-order chi connectivity index (χ1) is 18.9. The lowest BCUT2D eigenvalue weighted by Gasteiger charge is -2.36. The Morgan fingerprint density at radius 2 is 1.49 bits per heavy atom. The number of benzene rings is 2. The molecule has 0 saturated carbocycles. The van der Waals surface area contributed by atoms with Crippen molar-refractivity contribution in [2.75, 3.05) is 37.6 Å². The van der Waals surface area contributed by atoms with Crippen LogP contribution in [0.25, 0.3) is 5.69 Å². The van der Waals surface area contributed by atoms with Gasteiger partial charge in [-0.05, 0) is 87.0 Å². The van der Waals surface area contributed by atoms with Crippen molar-refractivity contribution in [3.63, 3.8) is 0 Å². The number of carboxylic acid groups (broad SMARTS) is 2. The molecule has 9 heteroatoms. The van der Waals surface area contributed by atoms with Crippen LogP contribution in [0.5, 0.6) is 0 Å². The van der Waals surface area contributed by atoms with Crippen molar-refractivity contribution in [2.45, 2.75) is 38.5 Å². The number of rotatable bonds is 8. The minimum Gasteiger partial charge on any atom is -0.478 e. The Morgan fingerprint density at radius 3 is 2.13 bits per heavy atom. The van der Waals surface area contributed by atoms with Crippen LogP contribution in [0.3, 0.4) is 0 Å². The number of fused-ring (bicyclic) bond motifs is 1. The SMILES string of the molecule is Clc1ccc(N2CCN(CCCc3nn(-c4ccccc4)c4c3CCCC4)CC2)cc1.O=C(O)C=CC(=O)O. The zero-order valence-corrected chi connectivity index (χ0v) is 22.8. The monoisotopic (exact) mass is 550 g/mol. The number of aryl methyl sites for hydroxylation is 1. The molecule has 0 spiro atoms. The van der Waals surface area contributed by atoms with Crippen molar-refractivity contribution in [1.29, 1.82) is 0 Å². The number of aliphatic carboxylic acids is 2. The topological polar surface area (TPSA) is 98.9 Å². The van der Waals surface area contributed by atoms with Gasteiger partial charge in [-0.1, -0.05) is 29.8 Å². The number of hydrogen-bond donors (Lipinski definition) is 2. The van der Waals surface area contributed by atoms with E-state index >= 15 is 0 Å². The molecule has 1 aliphatic carbocycles. The summed E-state index contributed by atoms with van der Waals surface area (Å²) in [6, 6.07) is 18.9. The number of halogens is 1. The number of para-hydroxylation sites is 1. The molecule has 0 radical (unpaired) electrons. The van der Waals surface area contributed by atoms with Gasteiger partial charge in [-0.15, -0.1) is 0 Å². The van der Waals surface area contributed by atoms with Crippen LogP contribution in [-0.2, 0) is 28.9 Å². The van der Waals surface area contributed by atoms with E-state index in [1.807, 2.05) is 12.1 Å². The van der Waals surface area contributed by atoms with Crippen molar-refractivity contribution >= 4 is 29.2 Å². The number of aromatic nitrogens is 2. The Kier molecular flexibility index (Phi) is 10.2. The molecule has 1 saturated heterocycles. The molecule has 2 heterocycles. The standard InChI is InChI=1S/C26H31ClN4.C4H4O4/c27-21-12-14-22(15-13-21)30-19-17-29(18-20-30)16-6-10-25-24-9-4-5-11-26(24)31(28-25)23-7-2-1-3-8-23;5-3(6)1-2-4(7)8/h1-3,7-8,12-15H,4-6,9-11,16-20H2;1-2H,(H,5,6)(H,7,8). The Balaban J connectivity index is 0.000000386. The summed E-state index contributed by atoms with van der Waals surface area (Å²) in [6.45, 7) is 5.57. The summed E-state index contributed by atoms with van der Waals surface area (Å²) in [6.07, 6.45) is 8.31. The van der Waals surface area contributed by atoms with Gasteiger partial charge in [0.15, 0.2) is 0 Å². The minimum absolute atomic E-state index is 0.558. The van der Waals surface area contributed by atoms with Crippen LogP contribution in [0, 0.1) is 0 Å². The summed E-state index contributed by atoms with van der Waals surface area (Å²) >= 11 is 6.03. The second kappa shape index (κ2) is 14.0. The number of carboxylic acids is 2. The molecule has 2 aliphatic rings. The molecule has 0 unspecified atom stereocenters. The molecule has 39 heavy (non-hydrogen) atoms. The molecular formula is C30H35ClN4O4. The van der Waals surface area contributed by atoms with Crippen LogP contribution in [0.1, 0.15) is 36.2 Å². The normalized spacial score (nSPS) is 15.5. The first-order valence-corrected chi connectivity index (χ1v) is 13.8. The van der Waals surface area contributed by atoms with Gasteiger partial charge >= 0.3 is 11.9 Å². The molecular weight excluding hydrogens is 516 g/mol. The van der Waals surface area contributed by atoms with E-state index in [1.165, 1.54) is 54.0 Å². The second-order valence-corrected chi connectivity index (χ2v) is 10.2. The Hall–Kier alpha value is -3.62. The number of nitrogens with zero attached hydrogens (tertiary/aromatic N) is 4. The van der Waals surface area contributed by atoms with Crippen molar-refractivity contribution in [3.05, 3.63) is 88.7 Å². The summed E-state index contributed by atoms with van der Waals surface area (Å²) < 4.78 is 2.22. The van der Waals surface area contributed by atoms with Gasteiger partial charge < -0.3 is 15.1 Å². The third-order valence-corrected chi connectivity index (χ3v) is 7.34. The number of carbonyl (C=O) groups is 2. The average molecular weight is 551 g/mol. The fraction of sp³-hybridized carbons (Fsp3) is 0.367. The lowest BCUT2D eigenvalue weighted by atomic mass is 9.94. The van der Waals surface area contributed by atoms with Gasteiger partial charge in [0.2, 0.25) is 0 Å². The quantitative estimate of drug-likeness (QED) is 0.386. The fourth-order valence-electron chi connectivity index (χ4n) is 5.15. The van der Waals surface area contributed by atoms with Gasteiger partial charge in [-0.25, -0.2) is 14.3 Å². The summed E-state index contributed by atoms with van der Waals surface area (Å²) in [4.78, 5) is 24.2. The number of anilines is 1. The van der Waals surface area contributed by atoms with E-state index in [-0.39, 0.29) is 0 Å². The fourth-order valence-corrected chi connectivity index (χ4v) is 5.28. The Morgan fingerprint density at radius 1 is 0.846 bits per heavy atom. The maximum atomic E-state index is 9.55. The van der Waals surface area contributed by atoms with E-state index < -0.39 is 11.9 Å². The van der Waals surface area contributed by atoms with Crippen LogP contribution in [0.2, 0.25) is 5.02 Å². The van der Waals surface area contributed by atoms with Crippen LogP contribution >= 0.6 is 11.6 Å². The van der Waals surface area contributed by atoms with E-state index in [1.54, 1.807) is 0 Å². The highest BCUT2D eigenvalue weighted by atomic mass is 35.5. The summed E-state index contributed by atoms with van der Waals surface area (Å²) in [5.41, 5.74) is 6.79. The van der Waals surface area contributed by atoms with Gasteiger partial charge in [-0.2, -0.15) is 5.10 Å². The Labute approximate surface area is 234 Å². The highest BCUT2D eigenvalue weighted by Crippen LogP contribution is 2.28. The third-order valence-electron chi connectivity index (χ3n) is 7.08. The number of hydrogen-bond acceptors (Lipinski definition) is 5.